The highest BCUT2D eigenvalue weighted by Gasteiger charge is 2.14. The summed E-state index contributed by atoms with van der Waals surface area (Å²) in [5, 5.41) is 13.4. The van der Waals surface area contributed by atoms with E-state index < -0.39 is 12.1 Å². The maximum absolute atomic E-state index is 12.1. The second kappa shape index (κ2) is 8.17. The Morgan fingerprint density at radius 2 is 1.96 bits per heavy atom. The second-order valence-electron chi connectivity index (χ2n) is 5.83. The van der Waals surface area contributed by atoms with E-state index in [0.717, 1.165) is 22.2 Å². The Bertz CT molecular complexity index is 913. The number of nitrogens with one attached hydrogen (secondary N) is 1. The first-order valence-corrected chi connectivity index (χ1v) is 8.72. The lowest BCUT2D eigenvalue weighted by atomic mass is 10.0. The van der Waals surface area contributed by atoms with Gasteiger partial charge in [-0.25, -0.2) is 9.78 Å². The zero-order valence-electron chi connectivity index (χ0n) is 14.3. The molecule has 134 valence electrons. The fourth-order valence-electron chi connectivity index (χ4n) is 2.65. The molecule has 1 heterocycles. The average Bonchev–Trinajstić information content (AvgIpc) is 2.70. The van der Waals surface area contributed by atoms with Crippen molar-refractivity contribution in [2.24, 2.45) is 0 Å². The summed E-state index contributed by atoms with van der Waals surface area (Å²) < 4.78 is 4.91. The number of methoxy groups -OCH3 is 1. The Hall–Kier alpha value is -2.63. The van der Waals surface area contributed by atoms with Crippen LogP contribution in [0.5, 0.6) is 0 Å². The Labute approximate surface area is 156 Å². The van der Waals surface area contributed by atoms with Gasteiger partial charge in [-0.3, -0.25) is 0 Å². The van der Waals surface area contributed by atoms with Gasteiger partial charge in [0.05, 0.1) is 35.9 Å². The summed E-state index contributed by atoms with van der Waals surface area (Å²) in [4.78, 5) is 16.8. The summed E-state index contributed by atoms with van der Waals surface area (Å²) in [6.07, 6.45) is -0.596. The van der Waals surface area contributed by atoms with Crippen LogP contribution in [0, 0.1) is 0 Å². The lowest BCUT2D eigenvalue weighted by Gasteiger charge is -2.11. The van der Waals surface area contributed by atoms with Crippen LogP contribution >= 0.6 is 11.6 Å². The maximum atomic E-state index is 12.1. The largest absolute Gasteiger partial charge is 0.465 e. The molecule has 0 saturated carbocycles. The van der Waals surface area contributed by atoms with Crippen LogP contribution in [0.25, 0.3) is 22.2 Å². The van der Waals surface area contributed by atoms with E-state index in [1.807, 2.05) is 48.5 Å². The molecule has 0 radical (unpaired) electrons. The lowest BCUT2D eigenvalue weighted by Crippen LogP contribution is -2.20. The normalized spacial score (nSPS) is 12.0. The number of hydrogen-bond donors (Lipinski definition) is 2. The van der Waals surface area contributed by atoms with Crippen molar-refractivity contribution >= 4 is 34.2 Å². The molecule has 0 aliphatic rings. The van der Waals surface area contributed by atoms with Crippen LogP contribution in [-0.4, -0.2) is 41.7 Å². The van der Waals surface area contributed by atoms with Crippen molar-refractivity contribution in [3.05, 3.63) is 60.2 Å². The van der Waals surface area contributed by atoms with E-state index in [-0.39, 0.29) is 5.88 Å². The summed E-state index contributed by atoms with van der Waals surface area (Å²) in [6, 6.07) is 16.8. The van der Waals surface area contributed by atoms with E-state index in [1.165, 1.54) is 7.11 Å². The molecule has 2 N–H and O–H groups in total. The van der Waals surface area contributed by atoms with Crippen LogP contribution in [0.4, 0.5) is 5.69 Å². The van der Waals surface area contributed by atoms with Crippen molar-refractivity contribution in [1.29, 1.82) is 0 Å². The molecule has 3 rings (SSSR count). The number of alkyl halides is 1. The molecule has 1 aromatic heterocycles. The molecule has 0 fully saturated rings. The number of aliphatic hydroxyl groups excluding tert-OH is 1. The highest BCUT2D eigenvalue weighted by Crippen LogP contribution is 2.26. The first-order valence-electron chi connectivity index (χ1n) is 8.19. The van der Waals surface area contributed by atoms with E-state index in [1.54, 1.807) is 6.07 Å². The molecule has 6 heteroatoms. The van der Waals surface area contributed by atoms with Crippen LogP contribution in [0.15, 0.2) is 54.6 Å². The summed E-state index contributed by atoms with van der Waals surface area (Å²) in [5.74, 6) is -0.208. The van der Waals surface area contributed by atoms with Crippen LogP contribution in [0.1, 0.15) is 10.4 Å². The van der Waals surface area contributed by atoms with Crippen LogP contribution in [0.3, 0.4) is 0 Å². The lowest BCUT2D eigenvalue weighted by molar-refractivity contribution is 0.0603. The number of hydrogen-bond acceptors (Lipinski definition) is 5. The topological polar surface area (TPSA) is 71.5 Å². The Balaban J connectivity index is 1.93. The number of pyridine rings is 1. The summed E-state index contributed by atoms with van der Waals surface area (Å²) >= 11 is 5.59. The highest BCUT2D eigenvalue weighted by atomic mass is 35.5. The van der Waals surface area contributed by atoms with Gasteiger partial charge in [-0.1, -0.05) is 30.3 Å². The van der Waals surface area contributed by atoms with Gasteiger partial charge in [0.1, 0.15) is 0 Å². The fraction of sp³-hybridized carbons (Fsp3) is 0.200. The maximum Gasteiger partial charge on any atom is 0.338 e. The standard InChI is InChI=1S/C20H19ClN2O3/c1-26-20(25)17-10-19(23-18-5-3-2-4-16(17)18)13-6-8-14(9-7-13)22-12-15(24)11-21/h2-10,15,22,24H,11-12H2,1H3. The number of halogens is 1. The summed E-state index contributed by atoms with van der Waals surface area (Å²) in [5.41, 5.74) is 3.66. The number of esters is 1. The van der Waals surface area contributed by atoms with Gasteiger partial charge < -0.3 is 15.2 Å². The molecule has 2 aromatic carbocycles. The predicted molar refractivity (Wildman–Crippen MR) is 104 cm³/mol. The quantitative estimate of drug-likeness (QED) is 0.511. The average molecular weight is 371 g/mol. The minimum atomic E-state index is -0.596. The Kier molecular flexibility index (Phi) is 5.71. The molecule has 0 bridgehead atoms. The number of anilines is 1. The molecule has 0 aliphatic heterocycles. The van der Waals surface area contributed by atoms with Gasteiger partial charge in [0.2, 0.25) is 0 Å². The molecule has 0 spiro atoms. The van der Waals surface area contributed by atoms with Gasteiger partial charge in [-0.2, -0.15) is 0 Å². The second-order valence-corrected chi connectivity index (χ2v) is 6.14. The zero-order valence-corrected chi connectivity index (χ0v) is 15.0. The number of carbonyl (C=O) groups excluding carboxylic acids is 1. The third-order valence-electron chi connectivity index (χ3n) is 4.02. The van der Waals surface area contributed by atoms with Crippen molar-refractivity contribution in [2.75, 3.05) is 24.9 Å². The number of fused-ring (bicyclic) bond motifs is 1. The van der Waals surface area contributed by atoms with Gasteiger partial charge in [-0.05, 0) is 24.3 Å². The van der Waals surface area contributed by atoms with E-state index >= 15 is 0 Å². The molecule has 1 unspecified atom stereocenters. The Morgan fingerprint density at radius 1 is 1.23 bits per heavy atom. The monoisotopic (exact) mass is 370 g/mol. The number of rotatable bonds is 6. The number of benzene rings is 2. The van der Waals surface area contributed by atoms with E-state index in [2.05, 4.69) is 10.3 Å². The minimum Gasteiger partial charge on any atom is -0.465 e. The first kappa shape index (κ1) is 18.2. The number of ether oxygens (including phenoxy) is 1. The number of para-hydroxylation sites is 1. The number of aliphatic hydroxyl groups is 1. The zero-order chi connectivity index (χ0) is 18.5. The smallest absolute Gasteiger partial charge is 0.338 e. The predicted octanol–water partition coefficient (Wildman–Crippen LogP) is 3.70. The molecule has 26 heavy (non-hydrogen) atoms. The van der Waals surface area contributed by atoms with Crippen molar-refractivity contribution in [3.8, 4) is 11.3 Å². The third-order valence-corrected chi connectivity index (χ3v) is 4.38. The van der Waals surface area contributed by atoms with E-state index in [4.69, 9.17) is 16.3 Å². The molecule has 3 aromatic rings. The molecular weight excluding hydrogens is 352 g/mol. The van der Waals surface area contributed by atoms with Crippen LogP contribution in [-0.2, 0) is 4.74 Å². The molecule has 0 saturated heterocycles. The summed E-state index contributed by atoms with van der Waals surface area (Å²) in [7, 11) is 1.37. The third kappa shape index (κ3) is 3.95. The van der Waals surface area contributed by atoms with Gasteiger partial charge >= 0.3 is 5.97 Å². The minimum absolute atomic E-state index is 0.183. The molecular formula is C20H19ClN2O3. The number of nitrogens with zero attached hydrogens (tertiary/aromatic N) is 1. The van der Waals surface area contributed by atoms with Crippen molar-refractivity contribution in [2.45, 2.75) is 6.10 Å². The SMILES string of the molecule is COC(=O)c1cc(-c2ccc(NCC(O)CCl)cc2)nc2ccccc12. The fourth-order valence-corrected chi connectivity index (χ4v) is 2.76. The Morgan fingerprint density at radius 3 is 2.65 bits per heavy atom. The van der Waals surface area contributed by atoms with Gasteiger partial charge in [-0.15, -0.1) is 11.6 Å². The van der Waals surface area contributed by atoms with Crippen LogP contribution < -0.4 is 5.32 Å². The van der Waals surface area contributed by atoms with Gasteiger partial charge in [0, 0.05) is 23.2 Å². The number of carbonyl (C=O) groups is 1. The van der Waals surface area contributed by atoms with E-state index in [0.29, 0.717) is 17.8 Å². The van der Waals surface area contributed by atoms with Crippen molar-refractivity contribution < 1.29 is 14.6 Å². The van der Waals surface area contributed by atoms with Crippen molar-refractivity contribution in [3.63, 3.8) is 0 Å². The highest BCUT2D eigenvalue weighted by molar-refractivity contribution is 6.18. The van der Waals surface area contributed by atoms with Crippen molar-refractivity contribution in [1.82, 2.24) is 4.98 Å². The molecule has 0 aliphatic carbocycles. The van der Waals surface area contributed by atoms with Gasteiger partial charge in [0.15, 0.2) is 0 Å². The molecule has 1 atom stereocenters. The number of aromatic nitrogens is 1. The van der Waals surface area contributed by atoms with Gasteiger partial charge in [0.25, 0.3) is 0 Å². The summed E-state index contributed by atoms with van der Waals surface area (Å²) in [6.45, 7) is 0.379. The molecule has 5 nitrogen and oxygen atoms in total. The molecule has 0 amide bonds. The van der Waals surface area contributed by atoms with E-state index in [9.17, 15) is 9.90 Å². The first-order chi connectivity index (χ1) is 12.6. The van der Waals surface area contributed by atoms with Crippen LogP contribution in [0.2, 0.25) is 0 Å².